The van der Waals surface area contributed by atoms with E-state index in [1.807, 2.05) is 0 Å². The van der Waals surface area contributed by atoms with Gasteiger partial charge in [0.1, 0.15) is 4.34 Å². The number of hydrogen-bond donors (Lipinski definition) is 1. The molecule has 1 heterocycles. The number of rotatable bonds is 2. The Morgan fingerprint density at radius 3 is 2.77 bits per heavy atom. The second kappa shape index (κ2) is 4.29. The minimum absolute atomic E-state index is 0.621. The fourth-order valence-corrected chi connectivity index (χ4v) is 2.63. The van der Waals surface area contributed by atoms with Crippen LogP contribution >= 0.6 is 22.9 Å². The summed E-state index contributed by atoms with van der Waals surface area (Å²) in [6.45, 7) is 0. The van der Waals surface area contributed by atoms with E-state index in [0.717, 1.165) is 9.47 Å². The van der Waals surface area contributed by atoms with E-state index in [2.05, 4.69) is 10.3 Å². The molecule has 0 atom stereocenters. The van der Waals surface area contributed by atoms with Crippen LogP contribution in [0.15, 0.2) is 6.20 Å². The van der Waals surface area contributed by atoms with Crippen LogP contribution in [0.1, 0.15) is 32.1 Å². The summed E-state index contributed by atoms with van der Waals surface area (Å²) in [7, 11) is 0. The molecule has 4 heteroatoms. The summed E-state index contributed by atoms with van der Waals surface area (Å²) in [5, 5.41) is 4.39. The fraction of sp³-hybridized carbons (Fsp3) is 0.667. The number of halogens is 1. The first-order valence-corrected chi connectivity index (χ1v) is 5.92. The lowest BCUT2D eigenvalue weighted by atomic mass is 9.96. The molecule has 2 rings (SSSR count). The molecular formula is C9H13ClN2S. The summed E-state index contributed by atoms with van der Waals surface area (Å²) in [4.78, 5) is 4.19. The predicted molar refractivity (Wildman–Crippen MR) is 57.6 cm³/mol. The molecule has 2 nitrogen and oxygen atoms in total. The number of aromatic nitrogens is 1. The SMILES string of the molecule is Clc1cnc(NC2CCCCC2)s1. The average molecular weight is 217 g/mol. The molecule has 1 aliphatic carbocycles. The normalized spacial score (nSPS) is 18.8. The lowest BCUT2D eigenvalue weighted by molar-refractivity contribution is 0.462. The molecular weight excluding hydrogens is 204 g/mol. The number of anilines is 1. The van der Waals surface area contributed by atoms with Crippen LogP contribution in [0.2, 0.25) is 4.34 Å². The summed E-state index contributed by atoms with van der Waals surface area (Å²) in [5.41, 5.74) is 0. The van der Waals surface area contributed by atoms with Crippen molar-refractivity contribution in [3.8, 4) is 0 Å². The van der Waals surface area contributed by atoms with Gasteiger partial charge in [-0.3, -0.25) is 0 Å². The summed E-state index contributed by atoms with van der Waals surface area (Å²) in [5.74, 6) is 0. The van der Waals surface area contributed by atoms with Gasteiger partial charge in [0.05, 0.1) is 6.20 Å². The molecule has 1 aromatic heterocycles. The van der Waals surface area contributed by atoms with E-state index >= 15 is 0 Å². The number of nitrogens with one attached hydrogen (secondary N) is 1. The van der Waals surface area contributed by atoms with Crippen LogP contribution in [-0.4, -0.2) is 11.0 Å². The van der Waals surface area contributed by atoms with Crippen LogP contribution < -0.4 is 5.32 Å². The van der Waals surface area contributed by atoms with E-state index in [-0.39, 0.29) is 0 Å². The van der Waals surface area contributed by atoms with Crippen molar-refractivity contribution in [3.63, 3.8) is 0 Å². The highest BCUT2D eigenvalue weighted by atomic mass is 35.5. The summed E-state index contributed by atoms with van der Waals surface area (Å²) >= 11 is 7.32. The third-order valence-corrected chi connectivity index (χ3v) is 3.46. The smallest absolute Gasteiger partial charge is 0.184 e. The molecule has 1 aromatic rings. The van der Waals surface area contributed by atoms with Crippen molar-refractivity contribution in [2.45, 2.75) is 38.1 Å². The van der Waals surface area contributed by atoms with Crippen molar-refractivity contribution >= 4 is 28.1 Å². The number of hydrogen-bond acceptors (Lipinski definition) is 3. The van der Waals surface area contributed by atoms with Gasteiger partial charge in [-0.15, -0.1) is 0 Å². The first kappa shape index (κ1) is 9.28. The average Bonchev–Trinajstić information content (AvgIpc) is 2.53. The molecule has 72 valence electrons. The molecule has 0 aliphatic heterocycles. The summed E-state index contributed by atoms with van der Waals surface area (Å²) in [6.07, 6.45) is 8.33. The largest absolute Gasteiger partial charge is 0.359 e. The molecule has 0 spiro atoms. The lowest BCUT2D eigenvalue weighted by Gasteiger charge is -2.22. The third kappa shape index (κ3) is 2.58. The minimum atomic E-state index is 0.621. The molecule has 0 radical (unpaired) electrons. The molecule has 0 bridgehead atoms. The monoisotopic (exact) mass is 216 g/mol. The van der Waals surface area contributed by atoms with Crippen LogP contribution in [0.3, 0.4) is 0 Å². The van der Waals surface area contributed by atoms with E-state index in [0.29, 0.717) is 6.04 Å². The van der Waals surface area contributed by atoms with Crippen molar-refractivity contribution in [3.05, 3.63) is 10.5 Å². The van der Waals surface area contributed by atoms with E-state index < -0.39 is 0 Å². The van der Waals surface area contributed by atoms with Gasteiger partial charge in [-0.05, 0) is 12.8 Å². The van der Waals surface area contributed by atoms with Crippen LogP contribution in [0, 0.1) is 0 Å². The maximum atomic E-state index is 5.79. The topological polar surface area (TPSA) is 24.9 Å². The first-order chi connectivity index (χ1) is 6.34. The second-order valence-electron chi connectivity index (χ2n) is 3.45. The zero-order valence-electron chi connectivity index (χ0n) is 7.42. The van der Waals surface area contributed by atoms with Gasteiger partial charge in [0.2, 0.25) is 0 Å². The third-order valence-electron chi connectivity index (χ3n) is 2.41. The number of nitrogens with zero attached hydrogens (tertiary/aromatic N) is 1. The Hall–Kier alpha value is -0.280. The Balaban J connectivity index is 1.89. The molecule has 1 saturated carbocycles. The van der Waals surface area contributed by atoms with Gasteiger partial charge in [0.15, 0.2) is 5.13 Å². The van der Waals surface area contributed by atoms with E-state index in [1.54, 1.807) is 6.20 Å². The highest BCUT2D eigenvalue weighted by Crippen LogP contribution is 2.26. The highest BCUT2D eigenvalue weighted by Gasteiger charge is 2.13. The molecule has 0 aromatic carbocycles. The van der Waals surface area contributed by atoms with Gasteiger partial charge in [0, 0.05) is 6.04 Å². The van der Waals surface area contributed by atoms with Gasteiger partial charge in [-0.2, -0.15) is 0 Å². The Morgan fingerprint density at radius 1 is 1.38 bits per heavy atom. The minimum Gasteiger partial charge on any atom is -0.359 e. The quantitative estimate of drug-likeness (QED) is 0.818. The van der Waals surface area contributed by atoms with Gasteiger partial charge >= 0.3 is 0 Å². The predicted octanol–water partition coefficient (Wildman–Crippen LogP) is 3.54. The molecule has 1 fully saturated rings. The second-order valence-corrected chi connectivity index (χ2v) is 5.11. The molecule has 1 N–H and O–H groups in total. The van der Waals surface area contributed by atoms with Crippen molar-refractivity contribution in [1.82, 2.24) is 4.98 Å². The Labute approximate surface area is 87.3 Å². The van der Waals surface area contributed by atoms with Gasteiger partial charge < -0.3 is 5.32 Å². The van der Waals surface area contributed by atoms with E-state index in [9.17, 15) is 0 Å². The van der Waals surface area contributed by atoms with E-state index in [4.69, 9.17) is 11.6 Å². The van der Waals surface area contributed by atoms with E-state index in [1.165, 1.54) is 43.4 Å². The Morgan fingerprint density at radius 2 is 2.15 bits per heavy atom. The van der Waals surface area contributed by atoms with Crippen LogP contribution in [0.25, 0.3) is 0 Å². The molecule has 13 heavy (non-hydrogen) atoms. The van der Waals surface area contributed by atoms with Gasteiger partial charge in [-0.1, -0.05) is 42.2 Å². The van der Waals surface area contributed by atoms with Crippen LogP contribution in [0.5, 0.6) is 0 Å². The van der Waals surface area contributed by atoms with Crippen molar-refractivity contribution < 1.29 is 0 Å². The van der Waals surface area contributed by atoms with Crippen LogP contribution in [0.4, 0.5) is 5.13 Å². The molecule has 0 unspecified atom stereocenters. The first-order valence-electron chi connectivity index (χ1n) is 4.72. The van der Waals surface area contributed by atoms with Crippen molar-refractivity contribution in [1.29, 1.82) is 0 Å². The zero-order valence-corrected chi connectivity index (χ0v) is 9.00. The standard InChI is InChI=1S/C9H13ClN2S/c10-8-6-11-9(13-8)12-7-4-2-1-3-5-7/h6-7H,1-5H2,(H,11,12). The van der Waals surface area contributed by atoms with Crippen molar-refractivity contribution in [2.75, 3.05) is 5.32 Å². The molecule has 0 saturated heterocycles. The maximum Gasteiger partial charge on any atom is 0.184 e. The Bertz CT molecular complexity index is 268. The van der Waals surface area contributed by atoms with Crippen molar-refractivity contribution in [2.24, 2.45) is 0 Å². The fourth-order valence-electron chi connectivity index (χ4n) is 1.74. The maximum absolute atomic E-state index is 5.79. The van der Waals surface area contributed by atoms with Crippen LogP contribution in [-0.2, 0) is 0 Å². The zero-order chi connectivity index (χ0) is 9.10. The lowest BCUT2D eigenvalue weighted by Crippen LogP contribution is -2.21. The number of thiazole rings is 1. The van der Waals surface area contributed by atoms with Gasteiger partial charge in [-0.25, -0.2) is 4.98 Å². The highest BCUT2D eigenvalue weighted by molar-refractivity contribution is 7.19. The Kier molecular flexibility index (Phi) is 3.06. The summed E-state index contributed by atoms with van der Waals surface area (Å²) < 4.78 is 0.762. The summed E-state index contributed by atoms with van der Waals surface area (Å²) in [6, 6.07) is 0.621. The molecule has 0 amide bonds. The van der Waals surface area contributed by atoms with Gasteiger partial charge in [0.25, 0.3) is 0 Å². The molecule has 1 aliphatic rings.